The van der Waals surface area contributed by atoms with Crippen LogP contribution >= 0.6 is 15.9 Å². The molecule has 0 amide bonds. The third-order valence-electron chi connectivity index (χ3n) is 2.63. The van der Waals surface area contributed by atoms with Crippen LogP contribution in [0.15, 0.2) is 11.1 Å². The van der Waals surface area contributed by atoms with Crippen LogP contribution in [0.4, 0.5) is 0 Å². The van der Waals surface area contributed by atoms with Crippen molar-refractivity contribution in [3.63, 3.8) is 0 Å². The maximum absolute atomic E-state index is 5.74. The lowest BCUT2D eigenvalue weighted by Crippen LogP contribution is -2.37. The molecule has 0 aromatic rings. The molecule has 4 heteroatoms. The number of ether oxygens (including phenoxy) is 1. The highest BCUT2D eigenvalue weighted by atomic mass is 79.9. The van der Waals surface area contributed by atoms with Gasteiger partial charge >= 0.3 is 0 Å². The van der Waals surface area contributed by atoms with E-state index in [1.165, 1.54) is 0 Å². The van der Waals surface area contributed by atoms with E-state index in [1.807, 2.05) is 0 Å². The van der Waals surface area contributed by atoms with Crippen molar-refractivity contribution >= 4 is 15.9 Å². The second kappa shape index (κ2) is 7.39. The summed E-state index contributed by atoms with van der Waals surface area (Å²) < 4.78 is 6.80. The number of likely N-dealkylation sites (tertiary alicyclic amines) is 1. The number of hydrogen-bond donors (Lipinski definition) is 1. The topological polar surface area (TPSA) is 38.5 Å². The van der Waals surface area contributed by atoms with Crippen LogP contribution in [-0.4, -0.2) is 43.8 Å². The van der Waals surface area contributed by atoms with Crippen LogP contribution < -0.4 is 5.73 Å². The van der Waals surface area contributed by atoms with Gasteiger partial charge in [-0.25, -0.2) is 0 Å². The largest absolute Gasteiger partial charge is 0.378 e. The lowest BCUT2D eigenvalue weighted by molar-refractivity contribution is 0.00941. The molecule has 1 rings (SSSR count). The van der Waals surface area contributed by atoms with Crippen molar-refractivity contribution in [1.29, 1.82) is 0 Å². The number of nitrogens with zero attached hydrogens (tertiary/aromatic N) is 1. The highest BCUT2D eigenvalue weighted by molar-refractivity contribution is 9.11. The fraction of sp³-hybridized carbons (Fsp3) is 0.818. The Morgan fingerprint density at radius 1 is 1.47 bits per heavy atom. The van der Waals surface area contributed by atoms with Gasteiger partial charge in [0.25, 0.3) is 0 Å². The first-order valence-electron chi connectivity index (χ1n) is 5.59. The van der Waals surface area contributed by atoms with Crippen LogP contribution in [-0.2, 0) is 4.74 Å². The summed E-state index contributed by atoms with van der Waals surface area (Å²) in [5.74, 6) is 0. The molecule has 0 radical (unpaired) electrons. The SMILES string of the molecule is C=C(Br)CN1CCC(OCCCN)CC1. The Hall–Kier alpha value is 0.1000. The van der Waals surface area contributed by atoms with Gasteiger partial charge in [-0.2, -0.15) is 0 Å². The summed E-state index contributed by atoms with van der Waals surface area (Å²) in [7, 11) is 0. The molecular formula is C11H21BrN2O. The van der Waals surface area contributed by atoms with Crippen LogP contribution in [0.5, 0.6) is 0 Å². The van der Waals surface area contributed by atoms with Crippen molar-refractivity contribution in [2.75, 3.05) is 32.8 Å². The molecule has 15 heavy (non-hydrogen) atoms. The maximum atomic E-state index is 5.74. The molecule has 0 unspecified atom stereocenters. The van der Waals surface area contributed by atoms with Crippen LogP contribution in [0.1, 0.15) is 19.3 Å². The minimum atomic E-state index is 0.441. The number of hydrogen-bond acceptors (Lipinski definition) is 3. The molecule has 0 bridgehead atoms. The highest BCUT2D eigenvalue weighted by Gasteiger charge is 2.19. The van der Waals surface area contributed by atoms with Gasteiger partial charge in [0.05, 0.1) is 6.10 Å². The first-order valence-corrected chi connectivity index (χ1v) is 6.39. The number of nitrogens with two attached hydrogens (primary N) is 1. The first-order chi connectivity index (χ1) is 7.22. The third-order valence-corrected chi connectivity index (χ3v) is 2.88. The summed E-state index contributed by atoms with van der Waals surface area (Å²) in [6.07, 6.45) is 3.67. The average Bonchev–Trinajstić information content (AvgIpc) is 2.20. The molecule has 0 aromatic heterocycles. The fourth-order valence-corrected chi connectivity index (χ4v) is 2.16. The minimum absolute atomic E-state index is 0.441. The monoisotopic (exact) mass is 276 g/mol. The summed E-state index contributed by atoms with van der Waals surface area (Å²) in [4.78, 5) is 2.40. The van der Waals surface area contributed by atoms with E-state index in [9.17, 15) is 0 Å². The lowest BCUT2D eigenvalue weighted by atomic mass is 10.1. The van der Waals surface area contributed by atoms with Crippen LogP contribution in [0, 0.1) is 0 Å². The molecule has 1 aliphatic heterocycles. The predicted octanol–water partition coefficient (Wildman–Crippen LogP) is 1.72. The van der Waals surface area contributed by atoms with E-state index in [-0.39, 0.29) is 0 Å². The summed E-state index contributed by atoms with van der Waals surface area (Å²) in [6, 6.07) is 0. The Kier molecular flexibility index (Phi) is 6.48. The fourth-order valence-electron chi connectivity index (χ4n) is 1.81. The van der Waals surface area contributed by atoms with E-state index in [0.29, 0.717) is 6.10 Å². The van der Waals surface area contributed by atoms with Crippen molar-refractivity contribution in [3.05, 3.63) is 11.1 Å². The second-order valence-corrected chi connectivity index (χ2v) is 5.13. The van der Waals surface area contributed by atoms with Gasteiger partial charge in [0.1, 0.15) is 0 Å². The van der Waals surface area contributed by atoms with Gasteiger partial charge in [0.2, 0.25) is 0 Å². The van der Waals surface area contributed by atoms with Crippen molar-refractivity contribution in [2.45, 2.75) is 25.4 Å². The quantitative estimate of drug-likeness (QED) is 0.751. The average molecular weight is 277 g/mol. The van der Waals surface area contributed by atoms with E-state index in [0.717, 1.165) is 56.5 Å². The predicted molar refractivity (Wildman–Crippen MR) is 67.2 cm³/mol. The lowest BCUT2D eigenvalue weighted by Gasteiger charge is -2.31. The Bertz CT molecular complexity index is 191. The van der Waals surface area contributed by atoms with Crippen LogP contribution in [0.2, 0.25) is 0 Å². The molecule has 1 saturated heterocycles. The number of halogens is 1. The Morgan fingerprint density at radius 3 is 2.67 bits per heavy atom. The first kappa shape index (κ1) is 13.2. The molecule has 88 valence electrons. The molecule has 1 heterocycles. The summed E-state index contributed by atoms with van der Waals surface area (Å²) in [5.41, 5.74) is 5.42. The summed E-state index contributed by atoms with van der Waals surface area (Å²) in [6.45, 7) is 8.57. The van der Waals surface area contributed by atoms with Gasteiger partial charge in [0.15, 0.2) is 0 Å². The number of rotatable bonds is 6. The van der Waals surface area contributed by atoms with Crippen molar-refractivity contribution < 1.29 is 4.74 Å². The van der Waals surface area contributed by atoms with Gasteiger partial charge in [-0.15, -0.1) is 0 Å². The van der Waals surface area contributed by atoms with Crippen molar-refractivity contribution in [3.8, 4) is 0 Å². The Labute approximate surface area is 101 Å². The van der Waals surface area contributed by atoms with Gasteiger partial charge < -0.3 is 10.5 Å². The molecule has 1 aliphatic rings. The van der Waals surface area contributed by atoms with Crippen molar-refractivity contribution in [2.24, 2.45) is 5.73 Å². The third kappa shape index (κ3) is 5.66. The molecular weight excluding hydrogens is 256 g/mol. The van der Waals surface area contributed by atoms with E-state index in [2.05, 4.69) is 27.4 Å². The van der Waals surface area contributed by atoms with E-state index >= 15 is 0 Å². The summed E-state index contributed by atoms with van der Waals surface area (Å²) in [5, 5.41) is 0. The molecule has 3 nitrogen and oxygen atoms in total. The Balaban J connectivity index is 2.10. The zero-order valence-electron chi connectivity index (χ0n) is 9.25. The molecule has 0 aliphatic carbocycles. The summed E-state index contributed by atoms with van der Waals surface area (Å²) >= 11 is 3.40. The molecule has 0 saturated carbocycles. The zero-order valence-corrected chi connectivity index (χ0v) is 10.8. The van der Waals surface area contributed by atoms with E-state index in [1.54, 1.807) is 0 Å². The smallest absolute Gasteiger partial charge is 0.0599 e. The molecule has 0 spiro atoms. The maximum Gasteiger partial charge on any atom is 0.0599 e. The molecule has 0 aromatic carbocycles. The molecule has 0 atom stereocenters. The van der Waals surface area contributed by atoms with Crippen LogP contribution in [0.25, 0.3) is 0 Å². The normalized spacial score (nSPS) is 19.3. The van der Waals surface area contributed by atoms with Gasteiger partial charge in [-0.1, -0.05) is 22.5 Å². The standard InChI is InChI=1S/C11H21BrN2O/c1-10(12)9-14-6-3-11(4-7-14)15-8-2-5-13/h11H,1-9,13H2. The van der Waals surface area contributed by atoms with E-state index < -0.39 is 0 Å². The van der Waals surface area contributed by atoms with Gasteiger partial charge in [0, 0.05) is 30.7 Å². The van der Waals surface area contributed by atoms with E-state index in [4.69, 9.17) is 10.5 Å². The minimum Gasteiger partial charge on any atom is -0.378 e. The second-order valence-electron chi connectivity index (χ2n) is 4.01. The Morgan fingerprint density at radius 2 is 2.13 bits per heavy atom. The zero-order chi connectivity index (χ0) is 11.1. The molecule has 1 fully saturated rings. The molecule has 2 N–H and O–H groups in total. The van der Waals surface area contributed by atoms with Gasteiger partial charge in [-0.3, -0.25) is 4.90 Å². The highest BCUT2D eigenvalue weighted by Crippen LogP contribution is 2.15. The van der Waals surface area contributed by atoms with Crippen LogP contribution in [0.3, 0.4) is 0 Å². The van der Waals surface area contributed by atoms with Gasteiger partial charge in [-0.05, 0) is 25.8 Å². The van der Waals surface area contributed by atoms with Crippen molar-refractivity contribution in [1.82, 2.24) is 4.90 Å². The number of piperidine rings is 1.